The van der Waals surface area contributed by atoms with Gasteiger partial charge < -0.3 is 0 Å². The van der Waals surface area contributed by atoms with Gasteiger partial charge >= 0.3 is 0 Å². The zero-order chi connectivity index (χ0) is 12.5. The molecule has 0 unspecified atom stereocenters. The molecular formula is C14H16N2O. The third-order valence-corrected chi connectivity index (χ3v) is 2.60. The summed E-state index contributed by atoms with van der Waals surface area (Å²) in [4.78, 5) is 11.1. The number of carbonyl (C=O) groups is 1. The molecule has 3 nitrogen and oxygen atoms in total. The number of nitrogens with zero attached hydrogens (tertiary/aromatic N) is 2. The van der Waals surface area contributed by atoms with E-state index in [1.165, 1.54) is 0 Å². The third kappa shape index (κ3) is 2.28. The fourth-order valence-corrected chi connectivity index (χ4v) is 1.77. The van der Waals surface area contributed by atoms with Crippen molar-refractivity contribution >= 4 is 6.29 Å². The summed E-state index contributed by atoms with van der Waals surface area (Å²) in [6.45, 7) is 6.16. The topological polar surface area (TPSA) is 34.9 Å². The van der Waals surface area contributed by atoms with Crippen molar-refractivity contribution in [3.63, 3.8) is 0 Å². The van der Waals surface area contributed by atoms with E-state index < -0.39 is 0 Å². The summed E-state index contributed by atoms with van der Waals surface area (Å²) in [5.41, 5.74) is 2.32. The average molecular weight is 228 g/mol. The molecule has 1 heterocycles. The van der Waals surface area contributed by atoms with Crippen molar-refractivity contribution < 1.29 is 4.79 Å². The van der Waals surface area contributed by atoms with Gasteiger partial charge in [-0.05, 0) is 12.1 Å². The molecule has 3 heteroatoms. The van der Waals surface area contributed by atoms with E-state index in [9.17, 15) is 4.79 Å². The first-order valence-electron chi connectivity index (χ1n) is 5.63. The van der Waals surface area contributed by atoms with Gasteiger partial charge in [0.25, 0.3) is 0 Å². The second-order valence-electron chi connectivity index (χ2n) is 5.08. The number of rotatable bonds is 2. The largest absolute Gasteiger partial charge is 0.298 e. The molecule has 0 aliphatic rings. The summed E-state index contributed by atoms with van der Waals surface area (Å²) in [5.74, 6) is 0. The first-order chi connectivity index (χ1) is 8.02. The smallest absolute Gasteiger partial charge is 0.153 e. The van der Waals surface area contributed by atoms with Crippen LogP contribution in [0.25, 0.3) is 5.69 Å². The summed E-state index contributed by atoms with van der Waals surface area (Å²) in [5, 5.41) is 4.51. The number of carbonyl (C=O) groups excluding carboxylic acids is 1. The van der Waals surface area contributed by atoms with Gasteiger partial charge in [-0.1, -0.05) is 39.0 Å². The quantitative estimate of drug-likeness (QED) is 0.741. The van der Waals surface area contributed by atoms with Crippen LogP contribution in [0.5, 0.6) is 0 Å². The van der Waals surface area contributed by atoms with Crippen LogP contribution in [0.4, 0.5) is 0 Å². The molecule has 2 aromatic rings. The Bertz CT molecular complexity index is 521. The molecule has 0 aliphatic heterocycles. The Hall–Kier alpha value is -1.90. The van der Waals surface area contributed by atoms with Crippen LogP contribution in [0, 0.1) is 0 Å². The predicted molar refractivity (Wildman–Crippen MR) is 67.7 cm³/mol. The van der Waals surface area contributed by atoms with Gasteiger partial charge in [-0.2, -0.15) is 5.10 Å². The van der Waals surface area contributed by atoms with Crippen molar-refractivity contribution in [3.8, 4) is 5.69 Å². The average Bonchev–Trinajstić information content (AvgIpc) is 2.74. The zero-order valence-electron chi connectivity index (χ0n) is 10.3. The maximum atomic E-state index is 11.1. The van der Waals surface area contributed by atoms with Crippen LogP contribution in [0.3, 0.4) is 0 Å². The van der Waals surface area contributed by atoms with Crippen molar-refractivity contribution in [2.75, 3.05) is 0 Å². The summed E-state index contributed by atoms with van der Waals surface area (Å²) < 4.78 is 1.75. The lowest BCUT2D eigenvalue weighted by Gasteiger charge is -2.15. The monoisotopic (exact) mass is 228 g/mol. The lowest BCUT2D eigenvalue weighted by molar-refractivity contribution is 0.112. The van der Waals surface area contributed by atoms with Gasteiger partial charge in [-0.15, -0.1) is 0 Å². The Morgan fingerprint density at radius 1 is 1.18 bits per heavy atom. The summed E-state index contributed by atoms with van der Waals surface area (Å²) in [7, 11) is 0. The Balaban J connectivity index is 2.53. The fourth-order valence-electron chi connectivity index (χ4n) is 1.77. The fraction of sp³-hybridized carbons (Fsp3) is 0.286. The minimum atomic E-state index is -0.129. The summed E-state index contributed by atoms with van der Waals surface area (Å²) in [6, 6.07) is 9.79. The van der Waals surface area contributed by atoms with Crippen LogP contribution in [-0.2, 0) is 5.41 Å². The van der Waals surface area contributed by atoms with Crippen LogP contribution in [0.15, 0.2) is 36.5 Å². The van der Waals surface area contributed by atoms with Crippen LogP contribution < -0.4 is 0 Å². The molecule has 0 saturated heterocycles. The van der Waals surface area contributed by atoms with Crippen LogP contribution in [0.2, 0.25) is 0 Å². The second kappa shape index (κ2) is 4.17. The van der Waals surface area contributed by atoms with Gasteiger partial charge in [0.15, 0.2) is 6.29 Å². The highest BCUT2D eigenvalue weighted by molar-refractivity contribution is 5.76. The molecule has 0 N–H and O–H groups in total. The van der Waals surface area contributed by atoms with Gasteiger partial charge in [0.2, 0.25) is 0 Å². The van der Waals surface area contributed by atoms with Gasteiger partial charge in [0.05, 0.1) is 16.9 Å². The Labute approximate surface area is 101 Å². The maximum Gasteiger partial charge on any atom is 0.153 e. The highest BCUT2D eigenvalue weighted by Gasteiger charge is 2.22. The van der Waals surface area contributed by atoms with E-state index in [2.05, 4.69) is 25.9 Å². The number of benzene rings is 1. The molecule has 2 rings (SSSR count). The number of hydrogen-bond acceptors (Lipinski definition) is 2. The van der Waals surface area contributed by atoms with Crippen molar-refractivity contribution in [1.82, 2.24) is 9.78 Å². The zero-order valence-corrected chi connectivity index (χ0v) is 10.3. The van der Waals surface area contributed by atoms with Crippen molar-refractivity contribution in [2.24, 2.45) is 0 Å². The van der Waals surface area contributed by atoms with Gasteiger partial charge in [-0.3, -0.25) is 4.79 Å². The van der Waals surface area contributed by atoms with Crippen LogP contribution in [0.1, 0.15) is 36.8 Å². The van der Waals surface area contributed by atoms with Crippen LogP contribution >= 0.6 is 0 Å². The molecule has 0 spiro atoms. The number of hydrogen-bond donors (Lipinski definition) is 0. The minimum absolute atomic E-state index is 0.129. The first kappa shape index (κ1) is 11.6. The van der Waals surface area contributed by atoms with E-state index in [0.717, 1.165) is 17.7 Å². The van der Waals surface area contributed by atoms with E-state index >= 15 is 0 Å². The van der Waals surface area contributed by atoms with E-state index in [-0.39, 0.29) is 5.41 Å². The van der Waals surface area contributed by atoms with E-state index in [1.54, 1.807) is 10.9 Å². The molecule has 0 fully saturated rings. The van der Waals surface area contributed by atoms with Gasteiger partial charge in [0.1, 0.15) is 0 Å². The van der Waals surface area contributed by atoms with Crippen LogP contribution in [-0.4, -0.2) is 16.1 Å². The molecule has 1 aromatic carbocycles. The SMILES string of the molecule is CC(C)(C)c1nn(-c2ccccc2)cc1C=O. The molecular weight excluding hydrogens is 212 g/mol. The van der Waals surface area contributed by atoms with Crippen molar-refractivity contribution in [2.45, 2.75) is 26.2 Å². The Kier molecular flexibility index (Phi) is 2.84. The standard InChI is InChI=1S/C14H16N2O/c1-14(2,3)13-11(10-17)9-16(15-13)12-7-5-4-6-8-12/h4-10H,1-3H3. The third-order valence-electron chi connectivity index (χ3n) is 2.60. The van der Waals surface area contributed by atoms with E-state index in [4.69, 9.17) is 0 Å². The molecule has 0 amide bonds. The van der Waals surface area contributed by atoms with Crippen molar-refractivity contribution in [1.29, 1.82) is 0 Å². The first-order valence-corrected chi connectivity index (χ1v) is 5.63. The second-order valence-corrected chi connectivity index (χ2v) is 5.08. The van der Waals surface area contributed by atoms with Crippen molar-refractivity contribution in [3.05, 3.63) is 47.8 Å². The number of aromatic nitrogens is 2. The molecule has 1 aromatic heterocycles. The van der Waals surface area contributed by atoms with E-state index in [0.29, 0.717) is 5.56 Å². The minimum Gasteiger partial charge on any atom is -0.298 e. The number of para-hydroxylation sites is 1. The Morgan fingerprint density at radius 3 is 2.29 bits per heavy atom. The lowest BCUT2D eigenvalue weighted by Crippen LogP contribution is -2.14. The number of aldehydes is 1. The summed E-state index contributed by atoms with van der Waals surface area (Å²) in [6.07, 6.45) is 2.65. The molecule has 0 aliphatic carbocycles. The molecule has 0 saturated carbocycles. The summed E-state index contributed by atoms with van der Waals surface area (Å²) >= 11 is 0. The molecule has 17 heavy (non-hydrogen) atoms. The van der Waals surface area contributed by atoms with Gasteiger partial charge in [0, 0.05) is 11.6 Å². The molecule has 0 atom stereocenters. The maximum absolute atomic E-state index is 11.1. The highest BCUT2D eigenvalue weighted by Crippen LogP contribution is 2.24. The molecule has 0 bridgehead atoms. The Morgan fingerprint density at radius 2 is 1.82 bits per heavy atom. The molecule has 0 radical (unpaired) electrons. The predicted octanol–water partition coefficient (Wildman–Crippen LogP) is 2.98. The highest BCUT2D eigenvalue weighted by atomic mass is 16.1. The lowest BCUT2D eigenvalue weighted by atomic mass is 9.90. The van der Waals surface area contributed by atoms with E-state index in [1.807, 2.05) is 30.3 Å². The normalized spacial score (nSPS) is 11.5. The molecule has 88 valence electrons. The van der Waals surface area contributed by atoms with Gasteiger partial charge in [-0.25, -0.2) is 4.68 Å².